The van der Waals surface area contributed by atoms with Crippen LogP contribution in [0, 0.1) is 17.1 Å². The van der Waals surface area contributed by atoms with Crippen LogP contribution in [0.2, 0.25) is 5.02 Å². The molecule has 3 aromatic rings. The van der Waals surface area contributed by atoms with Gasteiger partial charge in [-0.15, -0.1) is 0 Å². The minimum Gasteiger partial charge on any atom is -0.496 e. The van der Waals surface area contributed by atoms with Gasteiger partial charge in [0.1, 0.15) is 23.2 Å². The Bertz CT molecular complexity index is 1300. The van der Waals surface area contributed by atoms with Crippen LogP contribution in [-0.4, -0.2) is 26.1 Å². The van der Waals surface area contributed by atoms with Crippen LogP contribution in [0.5, 0.6) is 5.75 Å². The molecule has 1 N–H and O–H groups in total. The number of esters is 1. The van der Waals surface area contributed by atoms with E-state index >= 15 is 0 Å². The molecular weight excluding hydrogens is 459 g/mol. The molecule has 0 fully saturated rings. The summed E-state index contributed by atoms with van der Waals surface area (Å²) in [5, 5.41) is 12.4. The molecule has 0 atom stereocenters. The van der Waals surface area contributed by atoms with E-state index < -0.39 is 11.9 Å². The third-order valence-electron chi connectivity index (χ3n) is 4.96. The van der Waals surface area contributed by atoms with Crippen LogP contribution >= 0.6 is 11.6 Å². The number of anilines is 1. The van der Waals surface area contributed by atoms with Crippen LogP contribution in [0.1, 0.15) is 27.0 Å². The smallest absolute Gasteiger partial charge is 0.337 e. The summed E-state index contributed by atoms with van der Waals surface area (Å²) in [7, 11) is 2.73. The molecule has 0 aromatic heterocycles. The van der Waals surface area contributed by atoms with E-state index in [0.29, 0.717) is 38.7 Å². The summed E-state index contributed by atoms with van der Waals surface area (Å²) >= 11 is 6.45. The summed E-state index contributed by atoms with van der Waals surface area (Å²) in [4.78, 5) is 24.1. The second kappa shape index (κ2) is 11.1. The van der Waals surface area contributed by atoms with E-state index in [9.17, 15) is 19.2 Å². The topological polar surface area (TPSA) is 88.4 Å². The lowest BCUT2D eigenvalue weighted by Gasteiger charge is -2.13. The lowest BCUT2D eigenvalue weighted by Crippen LogP contribution is -2.13. The molecule has 0 aliphatic heterocycles. The Balaban J connectivity index is 1.84. The van der Waals surface area contributed by atoms with E-state index in [1.165, 1.54) is 50.6 Å². The van der Waals surface area contributed by atoms with Gasteiger partial charge in [-0.1, -0.05) is 29.8 Å². The van der Waals surface area contributed by atoms with Crippen LogP contribution in [0.3, 0.4) is 0 Å². The summed E-state index contributed by atoms with van der Waals surface area (Å²) in [5.74, 6) is -1.09. The van der Waals surface area contributed by atoms with Gasteiger partial charge < -0.3 is 14.8 Å². The molecule has 6 nitrogen and oxygen atoms in total. The number of hydrogen-bond donors (Lipinski definition) is 1. The zero-order chi connectivity index (χ0) is 24.7. The van der Waals surface area contributed by atoms with Crippen molar-refractivity contribution < 1.29 is 23.5 Å². The van der Waals surface area contributed by atoms with Gasteiger partial charge in [-0.2, -0.15) is 5.26 Å². The number of carbonyl (C=O) groups is 2. The van der Waals surface area contributed by atoms with E-state index in [-0.39, 0.29) is 17.8 Å². The number of hydrogen-bond acceptors (Lipinski definition) is 5. The van der Waals surface area contributed by atoms with Gasteiger partial charge in [0, 0.05) is 22.7 Å². The summed E-state index contributed by atoms with van der Waals surface area (Å²) in [5.41, 5.74) is 2.06. The highest BCUT2D eigenvalue weighted by molar-refractivity contribution is 6.31. The van der Waals surface area contributed by atoms with Gasteiger partial charge in [0.05, 0.1) is 19.8 Å². The maximum absolute atomic E-state index is 14.1. The molecule has 0 aliphatic rings. The lowest BCUT2D eigenvalue weighted by molar-refractivity contribution is -0.112. The number of nitrogens with one attached hydrogen (secondary N) is 1. The van der Waals surface area contributed by atoms with Crippen molar-refractivity contribution in [3.05, 3.63) is 99.3 Å². The van der Waals surface area contributed by atoms with Crippen LogP contribution in [0.15, 0.2) is 66.2 Å². The lowest BCUT2D eigenvalue weighted by atomic mass is 10.0. The molecule has 0 radical (unpaired) electrons. The molecule has 3 rings (SSSR count). The number of methoxy groups -OCH3 is 2. The van der Waals surface area contributed by atoms with E-state index in [2.05, 4.69) is 10.1 Å². The predicted octanol–water partition coefficient (Wildman–Crippen LogP) is 5.41. The van der Waals surface area contributed by atoms with E-state index in [1.807, 2.05) is 6.07 Å². The zero-order valence-corrected chi connectivity index (χ0v) is 19.2. The molecule has 0 saturated heterocycles. The number of ether oxygens (including phenoxy) is 2. The third-order valence-corrected chi connectivity index (χ3v) is 5.30. The molecule has 0 aliphatic carbocycles. The molecule has 34 heavy (non-hydrogen) atoms. The van der Waals surface area contributed by atoms with Gasteiger partial charge in [-0.05, 0) is 59.7 Å². The van der Waals surface area contributed by atoms with Crippen molar-refractivity contribution in [3.63, 3.8) is 0 Å². The number of carbonyl (C=O) groups excluding carboxylic acids is 2. The summed E-state index contributed by atoms with van der Waals surface area (Å²) in [6.45, 7) is 0. The third kappa shape index (κ3) is 5.80. The van der Waals surface area contributed by atoms with E-state index in [4.69, 9.17) is 16.3 Å². The average Bonchev–Trinajstić information content (AvgIpc) is 2.84. The quantitative estimate of drug-likeness (QED) is 0.278. The van der Waals surface area contributed by atoms with Crippen LogP contribution in [0.25, 0.3) is 6.08 Å². The van der Waals surface area contributed by atoms with Gasteiger partial charge in [0.2, 0.25) is 0 Å². The van der Waals surface area contributed by atoms with Crippen LogP contribution < -0.4 is 10.1 Å². The van der Waals surface area contributed by atoms with E-state index in [1.54, 1.807) is 30.3 Å². The van der Waals surface area contributed by atoms with Gasteiger partial charge >= 0.3 is 5.97 Å². The van der Waals surface area contributed by atoms with Gasteiger partial charge in [-0.25, -0.2) is 9.18 Å². The Morgan fingerprint density at radius 2 is 1.82 bits per heavy atom. The zero-order valence-electron chi connectivity index (χ0n) is 18.4. The SMILES string of the molecule is COC(=O)c1ccc(NC(=O)/C(C#N)=C/c2cc(Cl)c(Cc3ccccc3F)c(OC)c2)cc1. The van der Waals surface area contributed by atoms with E-state index in [0.717, 1.165) is 0 Å². The molecule has 0 unspecified atom stereocenters. The monoisotopic (exact) mass is 478 g/mol. The minimum atomic E-state index is -0.640. The molecule has 0 saturated carbocycles. The van der Waals surface area contributed by atoms with Gasteiger partial charge in [0.15, 0.2) is 0 Å². The first-order chi connectivity index (χ1) is 16.4. The highest BCUT2D eigenvalue weighted by Crippen LogP contribution is 2.32. The molecule has 0 bridgehead atoms. The van der Waals surface area contributed by atoms with Crippen molar-refractivity contribution in [2.45, 2.75) is 6.42 Å². The first-order valence-electron chi connectivity index (χ1n) is 10.1. The first kappa shape index (κ1) is 24.5. The van der Waals surface area contributed by atoms with Crippen molar-refractivity contribution in [1.29, 1.82) is 5.26 Å². The fraction of sp³-hybridized carbons (Fsp3) is 0.115. The summed E-state index contributed by atoms with van der Waals surface area (Å²) in [6, 6.07) is 17.5. The number of nitriles is 1. The van der Waals surface area contributed by atoms with Crippen molar-refractivity contribution in [3.8, 4) is 11.8 Å². The largest absolute Gasteiger partial charge is 0.496 e. The Kier molecular flexibility index (Phi) is 8.01. The van der Waals surface area contributed by atoms with Crippen LogP contribution in [0.4, 0.5) is 10.1 Å². The van der Waals surface area contributed by atoms with Crippen LogP contribution in [-0.2, 0) is 16.0 Å². The highest BCUT2D eigenvalue weighted by Gasteiger charge is 2.15. The number of amides is 1. The number of benzene rings is 3. The van der Waals surface area contributed by atoms with Crippen molar-refractivity contribution in [1.82, 2.24) is 0 Å². The maximum Gasteiger partial charge on any atom is 0.337 e. The van der Waals surface area contributed by atoms with Gasteiger partial charge in [0.25, 0.3) is 5.91 Å². The number of halogens is 2. The summed E-state index contributed by atoms with van der Waals surface area (Å²) in [6.07, 6.45) is 1.59. The molecule has 0 heterocycles. The number of nitrogens with zero attached hydrogens (tertiary/aromatic N) is 1. The Labute approximate surface area is 201 Å². The molecular formula is C26H20ClFN2O4. The van der Waals surface area contributed by atoms with Gasteiger partial charge in [-0.3, -0.25) is 4.79 Å². The van der Waals surface area contributed by atoms with Crippen molar-refractivity contribution in [2.75, 3.05) is 19.5 Å². The fourth-order valence-electron chi connectivity index (χ4n) is 3.22. The number of rotatable bonds is 7. The molecule has 8 heteroatoms. The second-order valence-electron chi connectivity index (χ2n) is 7.14. The molecule has 0 spiro atoms. The molecule has 1 amide bonds. The summed E-state index contributed by atoms with van der Waals surface area (Å²) < 4.78 is 24.2. The molecule has 172 valence electrons. The standard InChI is InChI=1S/C26H20ClFN2O4/c1-33-24-13-16(12-22(27)21(24)14-18-5-3-4-6-23(18)28)11-19(15-29)25(31)30-20-9-7-17(8-10-20)26(32)34-2/h3-13H,14H2,1-2H3,(H,30,31)/b19-11+. The average molecular weight is 479 g/mol. The Morgan fingerprint density at radius 1 is 1.12 bits per heavy atom. The first-order valence-corrected chi connectivity index (χ1v) is 10.5. The van der Waals surface area contributed by atoms with Crippen molar-refractivity contribution >= 4 is 35.2 Å². The Hall–Kier alpha value is -4.15. The highest BCUT2D eigenvalue weighted by atomic mass is 35.5. The predicted molar refractivity (Wildman–Crippen MR) is 127 cm³/mol. The normalized spacial score (nSPS) is 10.9. The maximum atomic E-state index is 14.1. The Morgan fingerprint density at radius 3 is 2.44 bits per heavy atom. The van der Waals surface area contributed by atoms with Crippen molar-refractivity contribution in [2.24, 2.45) is 0 Å². The molecule has 3 aromatic carbocycles. The fourth-order valence-corrected chi connectivity index (χ4v) is 3.51. The minimum absolute atomic E-state index is 0.169. The second-order valence-corrected chi connectivity index (χ2v) is 7.55.